The summed E-state index contributed by atoms with van der Waals surface area (Å²) in [6.45, 7) is 4.08. The molecule has 1 aromatic rings. The summed E-state index contributed by atoms with van der Waals surface area (Å²) < 4.78 is 12.8. The Labute approximate surface area is 81.4 Å². The Bertz CT molecular complexity index is 295. The number of hydrogen-bond acceptors (Lipinski definition) is 0. The van der Waals surface area contributed by atoms with Gasteiger partial charge in [0.15, 0.2) is 0 Å². The van der Waals surface area contributed by atoms with E-state index in [1.807, 2.05) is 19.9 Å². The molecule has 0 saturated heterocycles. The van der Waals surface area contributed by atoms with Crippen LogP contribution in [0.2, 0.25) is 0 Å². The lowest BCUT2D eigenvalue weighted by molar-refractivity contribution is 0.461. The van der Waals surface area contributed by atoms with Gasteiger partial charge in [0.05, 0.1) is 6.07 Å². The zero-order valence-corrected chi connectivity index (χ0v) is 7.92. The Morgan fingerprint density at radius 1 is 1.31 bits per heavy atom. The lowest BCUT2D eigenvalue weighted by Gasteiger charge is -2.12. The number of hydrogen-bond donors (Lipinski definition) is 0. The van der Waals surface area contributed by atoms with E-state index < -0.39 is 6.07 Å². The van der Waals surface area contributed by atoms with Gasteiger partial charge in [-0.1, -0.05) is 37.5 Å². The second-order valence-corrected chi connectivity index (χ2v) is 3.44. The SMILES string of the molecule is [B]c1ccc(C(C)C)cc1C([B])F. The standard InChI is InChI=1S/C10H11B2F/c1-6(2)7-3-4-9(11)8(5-7)10(12)13/h3-6,10H,1-2H3. The number of alkyl halides is 1. The molecule has 4 radical (unpaired) electrons. The van der Waals surface area contributed by atoms with Crippen LogP contribution < -0.4 is 5.46 Å². The van der Waals surface area contributed by atoms with E-state index in [9.17, 15) is 4.39 Å². The predicted molar refractivity (Wildman–Crippen MR) is 55.5 cm³/mol. The Morgan fingerprint density at radius 2 is 1.92 bits per heavy atom. The summed E-state index contributed by atoms with van der Waals surface area (Å²) in [6.07, 6.45) is -1.49. The molecule has 64 valence electrons. The molecular formula is C10H11B2F. The molecule has 0 aromatic heterocycles. The van der Waals surface area contributed by atoms with Crippen molar-refractivity contribution in [3.63, 3.8) is 0 Å². The first kappa shape index (κ1) is 10.4. The van der Waals surface area contributed by atoms with Crippen LogP contribution in [0.5, 0.6) is 0 Å². The molecule has 1 unspecified atom stereocenters. The summed E-state index contributed by atoms with van der Waals surface area (Å²) in [5.74, 6) is 0.359. The fourth-order valence-electron chi connectivity index (χ4n) is 1.19. The molecule has 0 amide bonds. The van der Waals surface area contributed by atoms with Crippen molar-refractivity contribution in [3.05, 3.63) is 29.3 Å². The largest absolute Gasteiger partial charge is 0.254 e. The number of benzene rings is 1. The first-order valence-electron chi connectivity index (χ1n) is 4.31. The summed E-state index contributed by atoms with van der Waals surface area (Å²) >= 11 is 0. The van der Waals surface area contributed by atoms with Crippen molar-refractivity contribution < 1.29 is 4.39 Å². The fraction of sp³-hybridized carbons (Fsp3) is 0.400. The lowest BCUT2D eigenvalue weighted by atomic mass is 9.80. The smallest absolute Gasteiger partial charge is 0.123 e. The molecule has 1 atom stereocenters. The fourth-order valence-corrected chi connectivity index (χ4v) is 1.19. The molecular weight excluding hydrogens is 161 g/mol. The van der Waals surface area contributed by atoms with E-state index in [2.05, 4.69) is 0 Å². The minimum Gasteiger partial charge on any atom is -0.254 e. The van der Waals surface area contributed by atoms with Crippen LogP contribution in [0.15, 0.2) is 18.2 Å². The Morgan fingerprint density at radius 3 is 2.38 bits per heavy atom. The quantitative estimate of drug-likeness (QED) is 0.595. The van der Waals surface area contributed by atoms with E-state index in [0.29, 0.717) is 16.9 Å². The third-order valence-corrected chi connectivity index (χ3v) is 2.07. The van der Waals surface area contributed by atoms with Crippen molar-refractivity contribution in [1.82, 2.24) is 0 Å². The van der Waals surface area contributed by atoms with Crippen LogP contribution >= 0.6 is 0 Å². The normalized spacial score (nSPS) is 13.2. The zero-order chi connectivity index (χ0) is 10.0. The highest BCUT2D eigenvalue weighted by Crippen LogP contribution is 2.18. The maximum absolute atomic E-state index is 12.8. The van der Waals surface area contributed by atoms with Gasteiger partial charge in [-0.15, -0.1) is 0 Å². The van der Waals surface area contributed by atoms with Crippen molar-refractivity contribution in [3.8, 4) is 0 Å². The highest BCUT2D eigenvalue weighted by Gasteiger charge is 2.07. The van der Waals surface area contributed by atoms with Gasteiger partial charge in [-0.25, -0.2) is 0 Å². The first-order chi connectivity index (χ1) is 6.02. The van der Waals surface area contributed by atoms with Crippen LogP contribution in [0, 0.1) is 0 Å². The van der Waals surface area contributed by atoms with E-state index in [1.165, 1.54) is 0 Å². The minimum absolute atomic E-state index is 0.359. The monoisotopic (exact) mass is 172 g/mol. The third kappa shape index (κ3) is 2.36. The number of rotatable bonds is 2. The summed E-state index contributed by atoms with van der Waals surface area (Å²) in [7, 11) is 10.7. The highest BCUT2D eigenvalue weighted by atomic mass is 19.1. The number of halogens is 1. The van der Waals surface area contributed by atoms with Crippen LogP contribution in [-0.2, 0) is 0 Å². The topological polar surface area (TPSA) is 0 Å². The van der Waals surface area contributed by atoms with Crippen molar-refractivity contribution in [2.45, 2.75) is 25.8 Å². The summed E-state index contributed by atoms with van der Waals surface area (Å²) in [6, 6.07) is 5.32. The van der Waals surface area contributed by atoms with Gasteiger partial charge < -0.3 is 0 Å². The molecule has 13 heavy (non-hydrogen) atoms. The van der Waals surface area contributed by atoms with Gasteiger partial charge in [0.2, 0.25) is 0 Å². The molecule has 0 fully saturated rings. The van der Waals surface area contributed by atoms with Crippen molar-refractivity contribution >= 4 is 21.2 Å². The maximum atomic E-state index is 12.8. The molecule has 0 aliphatic rings. The lowest BCUT2D eigenvalue weighted by Crippen LogP contribution is -2.13. The second kappa shape index (κ2) is 3.99. The van der Waals surface area contributed by atoms with Crippen LogP contribution in [-0.4, -0.2) is 15.7 Å². The van der Waals surface area contributed by atoms with E-state index in [4.69, 9.17) is 15.7 Å². The molecule has 0 aliphatic heterocycles. The molecule has 0 heterocycles. The van der Waals surface area contributed by atoms with E-state index in [1.54, 1.807) is 12.1 Å². The van der Waals surface area contributed by atoms with Crippen LogP contribution in [0.3, 0.4) is 0 Å². The average Bonchev–Trinajstić information content (AvgIpc) is 2.04. The molecule has 0 nitrogen and oxygen atoms in total. The Balaban J connectivity index is 3.11. The van der Waals surface area contributed by atoms with Crippen molar-refractivity contribution in [2.75, 3.05) is 0 Å². The molecule has 1 aromatic carbocycles. The molecule has 0 spiro atoms. The van der Waals surface area contributed by atoms with E-state index in [0.717, 1.165) is 5.56 Å². The molecule has 0 N–H and O–H groups in total. The van der Waals surface area contributed by atoms with Crippen LogP contribution in [0.4, 0.5) is 4.39 Å². The van der Waals surface area contributed by atoms with Crippen LogP contribution in [0.25, 0.3) is 0 Å². The third-order valence-electron chi connectivity index (χ3n) is 2.07. The summed E-state index contributed by atoms with van der Waals surface area (Å²) in [5.41, 5.74) is 1.85. The minimum atomic E-state index is -1.49. The first-order valence-corrected chi connectivity index (χ1v) is 4.31. The van der Waals surface area contributed by atoms with Gasteiger partial charge in [0.1, 0.15) is 15.7 Å². The molecule has 0 saturated carbocycles. The van der Waals surface area contributed by atoms with Gasteiger partial charge in [0, 0.05) is 0 Å². The Kier molecular flexibility index (Phi) is 3.18. The summed E-state index contributed by atoms with van der Waals surface area (Å²) in [4.78, 5) is 0. The Hall–Kier alpha value is -0.720. The molecule has 1 rings (SSSR count). The molecule has 0 bridgehead atoms. The van der Waals surface area contributed by atoms with Crippen molar-refractivity contribution in [2.24, 2.45) is 0 Å². The van der Waals surface area contributed by atoms with Gasteiger partial charge in [0.25, 0.3) is 0 Å². The second-order valence-electron chi connectivity index (χ2n) is 3.44. The van der Waals surface area contributed by atoms with Crippen molar-refractivity contribution in [1.29, 1.82) is 0 Å². The van der Waals surface area contributed by atoms with E-state index >= 15 is 0 Å². The van der Waals surface area contributed by atoms with Gasteiger partial charge in [-0.3, -0.25) is 4.39 Å². The molecule has 3 heteroatoms. The van der Waals surface area contributed by atoms with Gasteiger partial charge >= 0.3 is 0 Å². The van der Waals surface area contributed by atoms with Gasteiger partial charge in [-0.2, -0.15) is 0 Å². The maximum Gasteiger partial charge on any atom is 0.123 e. The zero-order valence-electron chi connectivity index (χ0n) is 7.92. The van der Waals surface area contributed by atoms with E-state index in [-0.39, 0.29) is 0 Å². The van der Waals surface area contributed by atoms with Gasteiger partial charge in [-0.05, 0) is 17.0 Å². The van der Waals surface area contributed by atoms with Crippen LogP contribution in [0.1, 0.15) is 37.0 Å². The molecule has 0 aliphatic carbocycles. The highest BCUT2D eigenvalue weighted by molar-refractivity contribution is 6.34. The summed E-state index contributed by atoms with van der Waals surface area (Å²) in [5, 5.41) is 0. The predicted octanol–water partition coefficient (Wildman–Crippen LogP) is 1.74. The average molecular weight is 172 g/mol.